The van der Waals surface area contributed by atoms with Crippen molar-refractivity contribution in [2.45, 2.75) is 12.7 Å². The molecular formula is C25H24N4O4S. The lowest BCUT2D eigenvalue weighted by molar-refractivity contribution is -0.113. The van der Waals surface area contributed by atoms with E-state index in [4.69, 9.17) is 4.74 Å². The molecule has 9 heteroatoms. The van der Waals surface area contributed by atoms with E-state index in [-0.39, 0.29) is 18.1 Å². The number of hydrogen-bond donors (Lipinski definition) is 1. The first kappa shape index (κ1) is 23.2. The monoisotopic (exact) mass is 476 g/mol. The van der Waals surface area contributed by atoms with Gasteiger partial charge in [0.25, 0.3) is 0 Å². The van der Waals surface area contributed by atoms with E-state index >= 15 is 0 Å². The predicted molar refractivity (Wildman–Crippen MR) is 131 cm³/mol. The molecule has 0 saturated heterocycles. The van der Waals surface area contributed by atoms with Gasteiger partial charge in [0, 0.05) is 34.4 Å². The second-order valence-electron chi connectivity index (χ2n) is 7.41. The van der Waals surface area contributed by atoms with Crippen LogP contribution in [0.5, 0.6) is 0 Å². The van der Waals surface area contributed by atoms with Crippen LogP contribution in [0.3, 0.4) is 0 Å². The van der Waals surface area contributed by atoms with E-state index in [0.717, 1.165) is 17.1 Å². The Hall–Kier alpha value is -3.98. The lowest BCUT2D eigenvalue weighted by atomic mass is 10.2. The van der Waals surface area contributed by atoms with Crippen LogP contribution in [0, 0.1) is 0 Å². The third-order valence-electron chi connectivity index (χ3n) is 4.93. The van der Waals surface area contributed by atoms with Gasteiger partial charge >= 0.3 is 5.97 Å². The Morgan fingerprint density at radius 1 is 1.03 bits per heavy atom. The minimum atomic E-state index is -1.48. The number of anilines is 1. The van der Waals surface area contributed by atoms with Gasteiger partial charge in [0.1, 0.15) is 11.6 Å². The Kier molecular flexibility index (Phi) is 7.34. The summed E-state index contributed by atoms with van der Waals surface area (Å²) in [5.74, 6) is -0.124. The highest BCUT2D eigenvalue weighted by Crippen LogP contribution is 2.21. The third kappa shape index (κ3) is 5.49. The number of ether oxygens (including phenoxy) is 1. The van der Waals surface area contributed by atoms with E-state index in [9.17, 15) is 13.8 Å². The van der Waals surface area contributed by atoms with Crippen molar-refractivity contribution >= 4 is 28.4 Å². The van der Waals surface area contributed by atoms with Crippen molar-refractivity contribution in [1.29, 1.82) is 0 Å². The maximum atomic E-state index is 12.9. The van der Waals surface area contributed by atoms with Gasteiger partial charge in [-0.3, -0.25) is 9.00 Å². The Morgan fingerprint density at radius 2 is 1.79 bits per heavy atom. The van der Waals surface area contributed by atoms with E-state index in [0.29, 0.717) is 11.3 Å². The van der Waals surface area contributed by atoms with Crippen molar-refractivity contribution in [3.63, 3.8) is 0 Å². The summed E-state index contributed by atoms with van der Waals surface area (Å²) in [6, 6.07) is 19.9. The third-order valence-corrected chi connectivity index (χ3v) is 6.15. The molecule has 0 aliphatic carbocycles. The topological polar surface area (TPSA) is 95.2 Å². The highest BCUT2D eigenvalue weighted by molar-refractivity contribution is 7.85. The molecule has 174 valence electrons. The molecule has 0 bridgehead atoms. The number of carbonyl (C=O) groups is 2. The lowest BCUT2D eigenvalue weighted by Crippen LogP contribution is -2.20. The fourth-order valence-electron chi connectivity index (χ4n) is 3.49. The number of nitrogens with zero attached hydrogens (tertiary/aromatic N) is 3. The molecule has 2 aromatic heterocycles. The Morgan fingerprint density at radius 3 is 2.53 bits per heavy atom. The van der Waals surface area contributed by atoms with Crippen molar-refractivity contribution in [1.82, 2.24) is 14.3 Å². The second-order valence-corrected chi connectivity index (χ2v) is 8.87. The fraction of sp³-hybridized carbons (Fsp3) is 0.160. The molecule has 0 spiro atoms. The number of amides is 1. The van der Waals surface area contributed by atoms with Gasteiger partial charge in [0.2, 0.25) is 5.91 Å². The van der Waals surface area contributed by atoms with Crippen LogP contribution in [0.2, 0.25) is 0 Å². The van der Waals surface area contributed by atoms with Crippen LogP contribution in [-0.2, 0) is 26.1 Å². The average Bonchev–Trinajstić information content (AvgIpc) is 3.49. The molecule has 0 unspecified atom stereocenters. The number of hydrogen-bond acceptors (Lipinski definition) is 5. The number of esters is 1. The first-order valence-electron chi connectivity index (χ1n) is 10.7. The zero-order valence-corrected chi connectivity index (χ0v) is 19.4. The first-order chi connectivity index (χ1) is 16.5. The van der Waals surface area contributed by atoms with Crippen molar-refractivity contribution in [3.05, 3.63) is 96.4 Å². The maximum absolute atomic E-state index is 12.9. The van der Waals surface area contributed by atoms with E-state index < -0.39 is 22.7 Å². The highest BCUT2D eigenvalue weighted by Gasteiger charge is 2.18. The van der Waals surface area contributed by atoms with Crippen molar-refractivity contribution in [3.8, 4) is 11.5 Å². The summed E-state index contributed by atoms with van der Waals surface area (Å²) in [6.07, 6.45) is 5.47. The summed E-state index contributed by atoms with van der Waals surface area (Å²) >= 11 is 0. The zero-order valence-electron chi connectivity index (χ0n) is 18.6. The van der Waals surface area contributed by atoms with Gasteiger partial charge in [-0.25, -0.2) is 9.48 Å². The smallest absolute Gasteiger partial charge is 0.338 e. The van der Waals surface area contributed by atoms with Gasteiger partial charge in [-0.1, -0.05) is 24.3 Å². The van der Waals surface area contributed by atoms with Crippen LogP contribution < -0.4 is 5.32 Å². The summed E-state index contributed by atoms with van der Waals surface area (Å²) < 4.78 is 21.6. The van der Waals surface area contributed by atoms with E-state index in [1.54, 1.807) is 36.0 Å². The summed E-state index contributed by atoms with van der Waals surface area (Å²) in [4.78, 5) is 24.4. The number of nitrogens with one attached hydrogen (secondary N) is 1. The van der Waals surface area contributed by atoms with Crippen molar-refractivity contribution in [2.75, 3.05) is 17.7 Å². The molecule has 34 heavy (non-hydrogen) atoms. The molecule has 0 aliphatic rings. The van der Waals surface area contributed by atoms with E-state index in [1.807, 2.05) is 59.4 Å². The molecule has 0 saturated carbocycles. The van der Waals surface area contributed by atoms with Gasteiger partial charge < -0.3 is 14.6 Å². The fourth-order valence-corrected chi connectivity index (χ4v) is 4.51. The van der Waals surface area contributed by atoms with Crippen molar-refractivity contribution in [2.24, 2.45) is 0 Å². The van der Waals surface area contributed by atoms with Crippen LogP contribution in [-0.4, -0.2) is 42.8 Å². The predicted octanol–water partition coefficient (Wildman–Crippen LogP) is 3.73. The largest absolute Gasteiger partial charge is 0.462 e. The number of rotatable bonds is 9. The molecule has 4 aromatic rings. The molecule has 8 nitrogen and oxygen atoms in total. The Labute approximate surface area is 199 Å². The van der Waals surface area contributed by atoms with Crippen LogP contribution in [0.25, 0.3) is 11.5 Å². The van der Waals surface area contributed by atoms with E-state index in [2.05, 4.69) is 10.4 Å². The van der Waals surface area contributed by atoms with Gasteiger partial charge in [-0.2, -0.15) is 5.10 Å². The number of aromatic nitrogens is 3. The molecule has 1 amide bonds. The van der Waals surface area contributed by atoms with Crippen molar-refractivity contribution < 1.29 is 18.5 Å². The van der Waals surface area contributed by atoms with E-state index in [1.165, 1.54) is 6.07 Å². The number of para-hydroxylation sites is 1. The van der Waals surface area contributed by atoms with Gasteiger partial charge in [-0.15, -0.1) is 0 Å². The standard InChI is InChI=1S/C25H24N4O4S/c1-2-33-25(31)19-9-8-10-21(15-19)27-23(30)18-34(32)17-20-16-26-29(22-11-4-3-5-12-22)24(20)28-13-6-7-14-28/h3-16H,2,17-18H2,1H3,(H,27,30)/t34-/m1/s1. The summed E-state index contributed by atoms with van der Waals surface area (Å²) in [6.45, 7) is 1.99. The Bertz CT molecular complexity index is 1300. The maximum Gasteiger partial charge on any atom is 0.338 e. The summed E-state index contributed by atoms with van der Waals surface area (Å²) in [7, 11) is -1.48. The molecule has 2 aromatic carbocycles. The van der Waals surface area contributed by atoms with Crippen LogP contribution in [0.15, 0.2) is 85.3 Å². The minimum Gasteiger partial charge on any atom is -0.462 e. The van der Waals surface area contributed by atoms with Crippen LogP contribution in [0.1, 0.15) is 22.8 Å². The summed E-state index contributed by atoms with van der Waals surface area (Å²) in [5, 5.41) is 7.20. The normalized spacial score (nSPS) is 11.7. The van der Waals surface area contributed by atoms with Crippen LogP contribution >= 0.6 is 0 Å². The highest BCUT2D eigenvalue weighted by atomic mass is 32.2. The molecule has 1 N–H and O–H groups in total. The molecule has 0 radical (unpaired) electrons. The molecule has 0 fully saturated rings. The second kappa shape index (κ2) is 10.8. The summed E-state index contributed by atoms with van der Waals surface area (Å²) in [5.41, 5.74) is 2.42. The molecular weight excluding hydrogens is 452 g/mol. The quantitative estimate of drug-likeness (QED) is 0.372. The SMILES string of the molecule is CCOC(=O)c1cccc(NC(=O)C[S@](=O)Cc2cnn(-c3ccccc3)c2-n2cccc2)c1. The Balaban J connectivity index is 1.46. The van der Waals surface area contributed by atoms with Crippen LogP contribution in [0.4, 0.5) is 5.69 Å². The molecule has 1 atom stereocenters. The first-order valence-corrected chi connectivity index (χ1v) is 12.2. The van der Waals surface area contributed by atoms with Gasteiger partial charge in [-0.05, 0) is 49.4 Å². The molecule has 2 heterocycles. The lowest BCUT2D eigenvalue weighted by Gasteiger charge is -2.11. The van der Waals surface area contributed by atoms with Gasteiger partial charge in [0.15, 0.2) is 0 Å². The van der Waals surface area contributed by atoms with Gasteiger partial charge in [0.05, 0.1) is 29.8 Å². The molecule has 0 aliphatic heterocycles. The average molecular weight is 477 g/mol. The zero-order chi connectivity index (χ0) is 23.9. The molecule has 4 rings (SSSR count). The number of benzene rings is 2. The number of carbonyl (C=O) groups excluding carboxylic acids is 2. The minimum absolute atomic E-state index is 0.163.